The summed E-state index contributed by atoms with van der Waals surface area (Å²) >= 11 is 0. The van der Waals surface area contributed by atoms with Crippen LogP contribution in [-0.4, -0.2) is 13.6 Å². The number of halogens is 1. The van der Waals surface area contributed by atoms with Gasteiger partial charge in [0.2, 0.25) is 0 Å². The summed E-state index contributed by atoms with van der Waals surface area (Å²) < 4.78 is 13.0. The first-order valence-corrected chi connectivity index (χ1v) is 6.93. The first-order valence-electron chi connectivity index (χ1n) is 6.93. The molecule has 2 aromatic carbocycles. The Balaban J connectivity index is 2.34. The summed E-state index contributed by atoms with van der Waals surface area (Å²) in [6.45, 7) is 5.92. The molecule has 0 atom stereocenters. The van der Waals surface area contributed by atoms with Crippen LogP contribution in [0, 0.1) is 12.7 Å². The van der Waals surface area contributed by atoms with E-state index in [1.54, 1.807) is 0 Å². The van der Waals surface area contributed by atoms with Crippen LogP contribution < -0.4 is 10.2 Å². The molecule has 0 saturated carbocycles. The largest absolute Gasteiger partial charge is 0.342 e. The minimum atomic E-state index is -0.203. The summed E-state index contributed by atoms with van der Waals surface area (Å²) in [7, 11) is 1.94. The fourth-order valence-electron chi connectivity index (χ4n) is 2.45. The molecule has 0 aliphatic rings. The molecule has 0 fully saturated rings. The van der Waals surface area contributed by atoms with Gasteiger partial charge in [-0.2, -0.15) is 0 Å². The van der Waals surface area contributed by atoms with Gasteiger partial charge in [-0.15, -0.1) is 0 Å². The zero-order valence-corrected chi connectivity index (χ0v) is 12.3. The maximum absolute atomic E-state index is 13.0. The molecule has 20 heavy (non-hydrogen) atoms. The van der Waals surface area contributed by atoms with E-state index in [9.17, 15) is 4.39 Å². The Bertz CT molecular complexity index is 564. The van der Waals surface area contributed by atoms with Gasteiger partial charge in [-0.05, 0) is 62.4 Å². The smallest absolute Gasteiger partial charge is 0.123 e. The number of aryl methyl sites for hydroxylation is 1. The van der Waals surface area contributed by atoms with E-state index in [2.05, 4.69) is 42.3 Å². The summed E-state index contributed by atoms with van der Waals surface area (Å²) in [5.41, 5.74) is 4.67. The average molecular weight is 272 g/mol. The van der Waals surface area contributed by atoms with Crippen molar-refractivity contribution in [3.8, 4) is 0 Å². The van der Waals surface area contributed by atoms with Gasteiger partial charge in [0.25, 0.3) is 0 Å². The second kappa shape index (κ2) is 6.53. The van der Waals surface area contributed by atoms with E-state index in [4.69, 9.17) is 0 Å². The molecule has 2 nitrogen and oxygen atoms in total. The van der Waals surface area contributed by atoms with Crippen LogP contribution in [0.4, 0.5) is 15.8 Å². The predicted octanol–water partition coefficient (Wildman–Crippen LogP) is 4.01. The molecule has 0 saturated heterocycles. The highest BCUT2D eigenvalue weighted by atomic mass is 19.1. The van der Waals surface area contributed by atoms with Crippen molar-refractivity contribution in [2.24, 2.45) is 0 Å². The molecule has 0 aromatic heterocycles. The summed E-state index contributed by atoms with van der Waals surface area (Å²) in [5, 5.41) is 3.16. The Morgan fingerprint density at radius 2 is 1.80 bits per heavy atom. The molecule has 3 heteroatoms. The Morgan fingerprint density at radius 1 is 1.10 bits per heavy atom. The number of nitrogens with zero attached hydrogens (tertiary/aromatic N) is 1. The van der Waals surface area contributed by atoms with Crippen LogP contribution in [0.15, 0.2) is 42.5 Å². The molecule has 0 radical (unpaired) electrons. The molecule has 1 N–H and O–H groups in total. The lowest BCUT2D eigenvalue weighted by molar-refractivity contribution is 0.628. The van der Waals surface area contributed by atoms with Gasteiger partial charge >= 0.3 is 0 Å². The highest BCUT2D eigenvalue weighted by Crippen LogP contribution is 2.28. The zero-order chi connectivity index (χ0) is 14.5. The molecule has 0 bridgehead atoms. The summed E-state index contributed by atoms with van der Waals surface area (Å²) in [6.07, 6.45) is 0. The van der Waals surface area contributed by atoms with Crippen LogP contribution in [0.3, 0.4) is 0 Å². The molecule has 0 heterocycles. The molecule has 0 unspecified atom stereocenters. The topological polar surface area (TPSA) is 15.3 Å². The standard InChI is InChI=1S/C17H21FN2/c1-4-20(16-8-6-15(18)7-9-16)17-10-5-14(12-19-3)11-13(17)2/h5-11,19H,4,12H2,1-3H3. The molecule has 2 aromatic rings. The van der Waals surface area contributed by atoms with Crippen molar-refractivity contribution in [3.63, 3.8) is 0 Å². The van der Waals surface area contributed by atoms with Gasteiger partial charge in [0.05, 0.1) is 0 Å². The van der Waals surface area contributed by atoms with Crippen LogP contribution in [0.1, 0.15) is 18.1 Å². The Kier molecular flexibility index (Phi) is 4.74. The van der Waals surface area contributed by atoms with E-state index in [0.29, 0.717) is 0 Å². The Morgan fingerprint density at radius 3 is 2.35 bits per heavy atom. The van der Waals surface area contributed by atoms with Crippen LogP contribution >= 0.6 is 0 Å². The van der Waals surface area contributed by atoms with Crippen molar-refractivity contribution >= 4 is 11.4 Å². The van der Waals surface area contributed by atoms with Crippen molar-refractivity contribution in [2.45, 2.75) is 20.4 Å². The van der Waals surface area contributed by atoms with E-state index in [-0.39, 0.29) is 5.82 Å². The third kappa shape index (κ3) is 3.17. The second-order valence-corrected chi connectivity index (χ2v) is 4.87. The molecule has 0 aliphatic heterocycles. The van der Waals surface area contributed by atoms with Crippen LogP contribution in [0.2, 0.25) is 0 Å². The first kappa shape index (κ1) is 14.5. The maximum Gasteiger partial charge on any atom is 0.123 e. The fourth-order valence-corrected chi connectivity index (χ4v) is 2.45. The molecule has 0 aliphatic carbocycles. The summed E-state index contributed by atoms with van der Waals surface area (Å²) in [6, 6.07) is 13.1. The van der Waals surface area contributed by atoms with Crippen molar-refractivity contribution in [3.05, 3.63) is 59.4 Å². The lowest BCUT2D eigenvalue weighted by Gasteiger charge is -2.25. The third-order valence-corrected chi connectivity index (χ3v) is 3.39. The van der Waals surface area contributed by atoms with Crippen LogP contribution in [0.25, 0.3) is 0 Å². The SMILES string of the molecule is CCN(c1ccc(F)cc1)c1ccc(CNC)cc1C. The number of hydrogen-bond acceptors (Lipinski definition) is 2. The lowest BCUT2D eigenvalue weighted by atomic mass is 10.1. The molecular formula is C17H21FN2. The van der Waals surface area contributed by atoms with Crippen molar-refractivity contribution in [2.75, 3.05) is 18.5 Å². The van der Waals surface area contributed by atoms with E-state index < -0.39 is 0 Å². The molecule has 0 spiro atoms. The summed E-state index contributed by atoms with van der Waals surface area (Å²) in [5.74, 6) is -0.203. The fraction of sp³-hybridized carbons (Fsp3) is 0.294. The molecular weight excluding hydrogens is 251 g/mol. The lowest BCUT2D eigenvalue weighted by Crippen LogP contribution is -2.17. The van der Waals surface area contributed by atoms with E-state index >= 15 is 0 Å². The normalized spacial score (nSPS) is 10.6. The monoisotopic (exact) mass is 272 g/mol. The summed E-state index contributed by atoms with van der Waals surface area (Å²) in [4.78, 5) is 2.19. The van der Waals surface area contributed by atoms with Crippen LogP contribution in [0.5, 0.6) is 0 Å². The number of rotatable bonds is 5. The maximum atomic E-state index is 13.0. The highest BCUT2D eigenvalue weighted by molar-refractivity contribution is 5.66. The van der Waals surface area contributed by atoms with Gasteiger partial charge in [0, 0.05) is 24.5 Å². The van der Waals surface area contributed by atoms with Gasteiger partial charge in [-0.25, -0.2) is 4.39 Å². The number of anilines is 2. The first-order chi connectivity index (χ1) is 9.65. The van der Waals surface area contributed by atoms with Crippen LogP contribution in [-0.2, 0) is 6.54 Å². The van der Waals surface area contributed by atoms with Crippen molar-refractivity contribution in [1.29, 1.82) is 0 Å². The van der Waals surface area contributed by atoms with Gasteiger partial charge in [0.15, 0.2) is 0 Å². The molecule has 2 rings (SSSR count). The van der Waals surface area contributed by atoms with Crippen molar-refractivity contribution in [1.82, 2.24) is 5.32 Å². The van der Waals surface area contributed by atoms with Crippen molar-refractivity contribution < 1.29 is 4.39 Å². The minimum absolute atomic E-state index is 0.203. The Labute approximate surface area is 120 Å². The van der Waals surface area contributed by atoms with E-state index in [1.807, 2.05) is 19.2 Å². The third-order valence-electron chi connectivity index (χ3n) is 3.39. The molecule has 0 amide bonds. The quantitative estimate of drug-likeness (QED) is 0.884. The van der Waals surface area contributed by atoms with E-state index in [1.165, 1.54) is 28.9 Å². The number of hydrogen-bond donors (Lipinski definition) is 1. The number of benzene rings is 2. The van der Waals surface area contributed by atoms with Gasteiger partial charge in [-0.1, -0.05) is 12.1 Å². The zero-order valence-electron chi connectivity index (χ0n) is 12.3. The van der Waals surface area contributed by atoms with Gasteiger partial charge in [0.1, 0.15) is 5.82 Å². The van der Waals surface area contributed by atoms with E-state index in [0.717, 1.165) is 18.8 Å². The number of nitrogens with one attached hydrogen (secondary N) is 1. The second-order valence-electron chi connectivity index (χ2n) is 4.87. The molecule has 106 valence electrons. The predicted molar refractivity (Wildman–Crippen MR) is 83.0 cm³/mol. The average Bonchev–Trinajstić information content (AvgIpc) is 2.44. The Hall–Kier alpha value is -1.87. The minimum Gasteiger partial charge on any atom is -0.342 e. The van der Waals surface area contributed by atoms with Gasteiger partial charge in [-0.3, -0.25) is 0 Å². The highest BCUT2D eigenvalue weighted by Gasteiger charge is 2.10. The van der Waals surface area contributed by atoms with Gasteiger partial charge < -0.3 is 10.2 Å².